The number of hydrogen-bond donors (Lipinski definition) is 0. The summed E-state index contributed by atoms with van der Waals surface area (Å²) in [5.41, 5.74) is 2.86. The molecule has 0 unspecified atom stereocenters. The molecule has 0 radical (unpaired) electrons. The van der Waals surface area contributed by atoms with E-state index in [1.54, 1.807) is 12.0 Å². The van der Waals surface area contributed by atoms with Crippen LogP contribution in [0.4, 0.5) is 5.69 Å². The first-order valence-corrected chi connectivity index (χ1v) is 10.7. The Morgan fingerprint density at radius 3 is 2.60 bits per heavy atom. The van der Waals surface area contributed by atoms with Crippen molar-refractivity contribution in [3.05, 3.63) is 53.6 Å². The van der Waals surface area contributed by atoms with Crippen molar-refractivity contribution < 1.29 is 23.7 Å². The van der Waals surface area contributed by atoms with E-state index in [0.717, 1.165) is 36.9 Å². The molecule has 6 nitrogen and oxygen atoms in total. The second-order valence-corrected chi connectivity index (χ2v) is 7.58. The van der Waals surface area contributed by atoms with E-state index in [1.807, 2.05) is 30.3 Å². The van der Waals surface area contributed by atoms with Gasteiger partial charge in [0.15, 0.2) is 11.5 Å². The summed E-state index contributed by atoms with van der Waals surface area (Å²) in [7, 11) is 1.61. The third-order valence-electron chi connectivity index (χ3n) is 5.59. The molecule has 2 aromatic carbocycles. The standard InChI is InChI=1S/C24H29NO5/c1-3-4-8-18-11-12-20-19(17-18)24(29-14-7-15-30-24)23(26)25(20)13-16-28-22-10-6-5-9-21(22)27-2/h5-6,9-12,17H,3-4,7-8,13-16H2,1-2H3. The Kier molecular flexibility index (Phi) is 6.25. The second-order valence-electron chi connectivity index (χ2n) is 7.58. The number of para-hydroxylation sites is 2. The van der Waals surface area contributed by atoms with Gasteiger partial charge in [0.1, 0.15) is 6.61 Å². The summed E-state index contributed by atoms with van der Waals surface area (Å²) < 4.78 is 23.2. The molecule has 2 heterocycles. The number of carbonyl (C=O) groups is 1. The molecule has 0 N–H and O–H groups in total. The first kappa shape index (κ1) is 20.7. The molecule has 30 heavy (non-hydrogen) atoms. The van der Waals surface area contributed by atoms with Crippen LogP contribution in [0.25, 0.3) is 0 Å². The molecular formula is C24H29NO5. The number of carbonyl (C=O) groups excluding carboxylic acids is 1. The fourth-order valence-corrected chi connectivity index (χ4v) is 4.04. The molecule has 2 aliphatic heterocycles. The highest BCUT2D eigenvalue weighted by atomic mass is 16.7. The smallest absolute Gasteiger partial charge is 0.292 e. The Morgan fingerprint density at radius 1 is 1.10 bits per heavy atom. The van der Waals surface area contributed by atoms with Crippen LogP contribution in [-0.4, -0.2) is 39.4 Å². The van der Waals surface area contributed by atoms with Gasteiger partial charge in [0.2, 0.25) is 0 Å². The number of nitrogens with zero attached hydrogens (tertiary/aromatic N) is 1. The SMILES string of the molecule is CCCCc1ccc2c(c1)C1(OCCCO1)C(=O)N2CCOc1ccccc1OC. The number of benzene rings is 2. The second kappa shape index (κ2) is 9.06. The van der Waals surface area contributed by atoms with Crippen molar-refractivity contribution in [3.8, 4) is 11.5 Å². The predicted octanol–water partition coefficient (Wildman–Crippen LogP) is 4.05. The lowest BCUT2D eigenvalue weighted by molar-refractivity contribution is -0.256. The van der Waals surface area contributed by atoms with Crippen molar-refractivity contribution in [1.82, 2.24) is 0 Å². The molecule has 4 rings (SSSR count). The summed E-state index contributed by atoms with van der Waals surface area (Å²) >= 11 is 0. The summed E-state index contributed by atoms with van der Waals surface area (Å²) in [6, 6.07) is 13.7. The van der Waals surface area contributed by atoms with Crippen LogP contribution in [0.15, 0.2) is 42.5 Å². The first-order chi connectivity index (χ1) is 14.7. The summed E-state index contributed by atoms with van der Waals surface area (Å²) in [6.07, 6.45) is 4.00. The van der Waals surface area contributed by atoms with Crippen molar-refractivity contribution in [2.45, 2.75) is 38.4 Å². The van der Waals surface area contributed by atoms with E-state index in [2.05, 4.69) is 19.1 Å². The van der Waals surface area contributed by atoms with E-state index in [9.17, 15) is 4.79 Å². The fraction of sp³-hybridized carbons (Fsp3) is 0.458. The summed E-state index contributed by atoms with van der Waals surface area (Å²) in [5, 5.41) is 0. The molecule has 2 aromatic rings. The van der Waals surface area contributed by atoms with Crippen LogP contribution >= 0.6 is 0 Å². The van der Waals surface area contributed by atoms with Gasteiger partial charge in [-0.2, -0.15) is 0 Å². The van der Waals surface area contributed by atoms with E-state index in [0.29, 0.717) is 37.9 Å². The van der Waals surface area contributed by atoms with Gasteiger partial charge < -0.3 is 23.8 Å². The highest BCUT2D eigenvalue weighted by Crippen LogP contribution is 2.45. The number of aryl methyl sites for hydroxylation is 1. The van der Waals surface area contributed by atoms with Crippen molar-refractivity contribution in [2.24, 2.45) is 0 Å². The molecule has 6 heteroatoms. The summed E-state index contributed by atoms with van der Waals surface area (Å²) in [4.78, 5) is 15.1. The lowest BCUT2D eigenvalue weighted by Crippen LogP contribution is -2.48. The van der Waals surface area contributed by atoms with E-state index in [4.69, 9.17) is 18.9 Å². The molecule has 1 spiro atoms. The number of hydrogen-bond acceptors (Lipinski definition) is 5. The van der Waals surface area contributed by atoms with Crippen LogP contribution in [0.5, 0.6) is 11.5 Å². The largest absolute Gasteiger partial charge is 0.493 e. The van der Waals surface area contributed by atoms with Gasteiger partial charge in [-0.25, -0.2) is 0 Å². The monoisotopic (exact) mass is 411 g/mol. The van der Waals surface area contributed by atoms with E-state index in [-0.39, 0.29) is 5.91 Å². The molecule has 1 saturated heterocycles. The number of ether oxygens (including phenoxy) is 4. The average Bonchev–Trinajstić information content (AvgIpc) is 3.00. The third-order valence-corrected chi connectivity index (χ3v) is 5.59. The maximum absolute atomic E-state index is 13.4. The van der Waals surface area contributed by atoms with Crippen LogP contribution in [0.3, 0.4) is 0 Å². The van der Waals surface area contributed by atoms with Gasteiger partial charge in [-0.15, -0.1) is 0 Å². The molecular weight excluding hydrogens is 382 g/mol. The Hall–Kier alpha value is -2.57. The van der Waals surface area contributed by atoms with Gasteiger partial charge in [-0.05, 0) is 49.1 Å². The molecule has 0 aliphatic carbocycles. The Bertz CT molecular complexity index is 891. The van der Waals surface area contributed by atoms with Gasteiger partial charge >= 0.3 is 0 Å². The zero-order chi connectivity index (χ0) is 21.0. The number of fused-ring (bicyclic) bond motifs is 2. The fourth-order valence-electron chi connectivity index (χ4n) is 4.04. The van der Waals surface area contributed by atoms with Gasteiger partial charge in [0.05, 0.1) is 32.6 Å². The highest BCUT2D eigenvalue weighted by molar-refractivity contribution is 6.06. The Labute approximate surface area is 177 Å². The van der Waals surface area contributed by atoms with Crippen LogP contribution in [0.1, 0.15) is 37.3 Å². The van der Waals surface area contributed by atoms with Crippen LogP contribution in [-0.2, 0) is 26.5 Å². The minimum Gasteiger partial charge on any atom is -0.493 e. The van der Waals surface area contributed by atoms with Crippen molar-refractivity contribution >= 4 is 11.6 Å². The van der Waals surface area contributed by atoms with Crippen LogP contribution in [0.2, 0.25) is 0 Å². The summed E-state index contributed by atoms with van der Waals surface area (Å²) in [6.45, 7) is 3.92. The zero-order valence-electron chi connectivity index (χ0n) is 17.7. The minimum absolute atomic E-state index is 0.173. The molecule has 0 aromatic heterocycles. The molecule has 0 bridgehead atoms. The minimum atomic E-state index is -1.32. The maximum atomic E-state index is 13.4. The summed E-state index contributed by atoms with van der Waals surface area (Å²) in [5.74, 6) is -0.169. The lowest BCUT2D eigenvalue weighted by Gasteiger charge is -2.32. The lowest BCUT2D eigenvalue weighted by atomic mass is 10.00. The number of methoxy groups -OCH3 is 1. The molecule has 1 amide bonds. The quantitative estimate of drug-likeness (QED) is 0.656. The highest BCUT2D eigenvalue weighted by Gasteiger charge is 2.54. The van der Waals surface area contributed by atoms with Crippen LogP contribution in [0, 0.1) is 0 Å². The molecule has 160 valence electrons. The first-order valence-electron chi connectivity index (χ1n) is 10.7. The van der Waals surface area contributed by atoms with Crippen molar-refractivity contribution in [2.75, 3.05) is 38.4 Å². The van der Waals surface area contributed by atoms with E-state index >= 15 is 0 Å². The molecule has 0 atom stereocenters. The van der Waals surface area contributed by atoms with Gasteiger partial charge in [0, 0.05) is 5.56 Å². The number of amides is 1. The molecule has 0 saturated carbocycles. The van der Waals surface area contributed by atoms with Crippen molar-refractivity contribution in [1.29, 1.82) is 0 Å². The van der Waals surface area contributed by atoms with E-state index in [1.165, 1.54) is 5.56 Å². The molecule has 2 aliphatic rings. The Morgan fingerprint density at radius 2 is 1.87 bits per heavy atom. The average molecular weight is 411 g/mol. The van der Waals surface area contributed by atoms with Gasteiger partial charge in [-0.3, -0.25) is 4.79 Å². The predicted molar refractivity (Wildman–Crippen MR) is 114 cm³/mol. The maximum Gasteiger partial charge on any atom is 0.292 e. The number of rotatable bonds is 8. The Balaban J connectivity index is 1.56. The van der Waals surface area contributed by atoms with Crippen molar-refractivity contribution in [3.63, 3.8) is 0 Å². The van der Waals surface area contributed by atoms with Gasteiger partial charge in [-0.1, -0.05) is 31.5 Å². The van der Waals surface area contributed by atoms with Gasteiger partial charge in [0.25, 0.3) is 11.7 Å². The normalized spacial score (nSPS) is 17.3. The zero-order valence-corrected chi connectivity index (χ0v) is 17.7. The van der Waals surface area contributed by atoms with Crippen LogP contribution < -0.4 is 14.4 Å². The number of unbranched alkanes of at least 4 members (excludes halogenated alkanes) is 1. The number of anilines is 1. The topological polar surface area (TPSA) is 57.2 Å². The molecule has 1 fully saturated rings. The third kappa shape index (κ3) is 3.77. The van der Waals surface area contributed by atoms with E-state index < -0.39 is 5.79 Å².